The van der Waals surface area contributed by atoms with Crippen LogP contribution in [0.1, 0.15) is 0 Å². The molecule has 10 aromatic rings. The molecular weight excluding hydrogens is 783 g/mol. The van der Waals surface area contributed by atoms with Gasteiger partial charge >= 0.3 is 0 Å². The first kappa shape index (κ1) is 38.2. The van der Waals surface area contributed by atoms with Gasteiger partial charge in [-0.3, -0.25) is 4.90 Å². The molecule has 304 valence electrons. The lowest BCUT2D eigenvalue weighted by molar-refractivity contribution is 0.477. The van der Waals surface area contributed by atoms with Crippen LogP contribution >= 0.6 is 0 Å². The molecule has 0 amide bonds. The quantitative estimate of drug-likeness (QED) is 0.137. The highest BCUT2D eigenvalue weighted by Gasteiger charge is 2.33. The molecule has 6 nitrogen and oxygen atoms in total. The molecule has 1 aliphatic rings. The summed E-state index contributed by atoms with van der Waals surface area (Å²) in [5, 5.41) is 0. The smallest absolute Gasteiger partial charge is 0.165 e. The zero-order valence-corrected chi connectivity index (χ0v) is 34.8. The van der Waals surface area contributed by atoms with Crippen LogP contribution in [0.15, 0.2) is 249 Å². The molecule has 0 aliphatic carbocycles. The minimum Gasteiger partial charge on any atom is -0.453 e. The largest absolute Gasteiger partial charge is 0.453 e. The van der Waals surface area contributed by atoms with Crippen LogP contribution in [0.5, 0.6) is 11.5 Å². The molecule has 64 heavy (non-hydrogen) atoms. The van der Waals surface area contributed by atoms with E-state index in [2.05, 4.69) is 209 Å². The Bertz CT molecular complexity index is 2960. The molecule has 11 rings (SSSR count). The molecule has 0 unspecified atom stereocenters. The Morgan fingerprint density at radius 1 is 0.297 bits per heavy atom. The first-order valence-electron chi connectivity index (χ1n) is 21.4. The molecule has 0 atom stereocenters. The predicted octanol–water partition coefficient (Wildman–Crippen LogP) is 16.0. The fourth-order valence-corrected chi connectivity index (χ4v) is 8.46. The molecule has 2 heterocycles. The third-order valence-corrected chi connectivity index (χ3v) is 11.4. The number of hydrogen-bond acceptors (Lipinski definition) is 6. The summed E-state index contributed by atoms with van der Waals surface area (Å²) in [6.45, 7) is 0. The molecule has 0 spiro atoms. The number of ether oxygens (including phenoxy) is 1. The van der Waals surface area contributed by atoms with Crippen LogP contribution in [-0.4, -0.2) is 9.97 Å². The molecule has 0 radical (unpaired) electrons. The Labute approximate surface area is 373 Å². The van der Waals surface area contributed by atoms with E-state index in [1.54, 1.807) is 0 Å². The number of aromatic nitrogens is 2. The molecule has 1 aromatic heterocycles. The lowest BCUT2D eigenvalue weighted by Crippen LogP contribution is -2.20. The molecule has 0 fully saturated rings. The van der Waals surface area contributed by atoms with Crippen LogP contribution in [0.3, 0.4) is 0 Å². The summed E-state index contributed by atoms with van der Waals surface area (Å²) in [5.41, 5.74) is 12.9. The van der Waals surface area contributed by atoms with Crippen LogP contribution in [-0.2, 0) is 0 Å². The summed E-state index contributed by atoms with van der Waals surface area (Å²) in [5.74, 6) is 2.04. The summed E-state index contributed by atoms with van der Waals surface area (Å²) in [7, 11) is 0. The highest BCUT2D eigenvalue weighted by molar-refractivity contribution is 5.95. The topological polar surface area (TPSA) is 44.7 Å². The molecule has 1 aliphatic heterocycles. The highest BCUT2D eigenvalue weighted by atomic mass is 16.5. The van der Waals surface area contributed by atoms with Crippen molar-refractivity contribution in [3.05, 3.63) is 249 Å². The molecule has 0 N–H and O–H groups in total. The van der Waals surface area contributed by atoms with Crippen LogP contribution in [0.25, 0.3) is 33.8 Å². The van der Waals surface area contributed by atoms with Gasteiger partial charge in [0, 0.05) is 62.9 Å². The van der Waals surface area contributed by atoms with Crippen LogP contribution in [0.2, 0.25) is 0 Å². The standard InChI is InChI=1S/C58H41N5O/c1-8-22-42(23-9-1)55-56(43-24-10-2-11-25-43)60-58(57(59-55)44-26-12-3-13-27-44)63-51-38-36-49(61(45-28-14-4-15-29-45)46-30-16-5-17-31-46)40-53(51)64-54-41-50(37-39-52(54)63)62(47-32-18-6-19-33-47)48-34-20-7-21-35-48/h1-41H. The first-order chi connectivity index (χ1) is 31.8. The van der Waals surface area contributed by atoms with Crippen LogP contribution < -0.4 is 19.4 Å². The van der Waals surface area contributed by atoms with Crippen molar-refractivity contribution in [2.24, 2.45) is 0 Å². The Hall–Kier alpha value is -8.74. The lowest BCUT2D eigenvalue weighted by Gasteiger charge is -2.35. The van der Waals surface area contributed by atoms with Gasteiger partial charge in [-0.2, -0.15) is 0 Å². The summed E-state index contributed by atoms with van der Waals surface area (Å²) >= 11 is 0. The zero-order valence-electron chi connectivity index (χ0n) is 34.8. The van der Waals surface area contributed by atoms with Crippen molar-refractivity contribution < 1.29 is 4.74 Å². The van der Waals surface area contributed by atoms with Crippen molar-refractivity contribution in [2.45, 2.75) is 0 Å². The number of rotatable bonds is 10. The van der Waals surface area contributed by atoms with E-state index < -0.39 is 0 Å². The Kier molecular flexibility index (Phi) is 10.1. The van der Waals surface area contributed by atoms with Gasteiger partial charge in [-0.05, 0) is 72.8 Å². The fraction of sp³-hybridized carbons (Fsp3) is 0. The Morgan fingerprint density at radius 3 is 0.969 bits per heavy atom. The van der Waals surface area contributed by atoms with Crippen molar-refractivity contribution in [2.75, 3.05) is 14.7 Å². The fourth-order valence-electron chi connectivity index (χ4n) is 8.46. The SMILES string of the molecule is c1ccc(-c2nc(-c3ccccc3)c(N3c4ccc(N(c5ccccc5)c5ccccc5)cc4Oc4cc(N(c5ccccc5)c5ccccc5)ccc43)nc2-c2ccccc2)cc1. The normalized spacial score (nSPS) is 11.5. The monoisotopic (exact) mass is 823 g/mol. The van der Waals surface area contributed by atoms with Crippen molar-refractivity contribution in [3.8, 4) is 45.3 Å². The third kappa shape index (κ3) is 7.29. The summed E-state index contributed by atoms with van der Waals surface area (Å²) in [4.78, 5) is 18.0. The van der Waals surface area contributed by atoms with Gasteiger partial charge in [0.15, 0.2) is 17.3 Å². The molecule has 0 saturated carbocycles. The van der Waals surface area contributed by atoms with Gasteiger partial charge in [-0.15, -0.1) is 0 Å². The van der Waals surface area contributed by atoms with Crippen molar-refractivity contribution in [1.82, 2.24) is 9.97 Å². The van der Waals surface area contributed by atoms with Crippen LogP contribution in [0.4, 0.5) is 51.3 Å². The van der Waals surface area contributed by atoms with Gasteiger partial charge in [0.25, 0.3) is 0 Å². The van der Waals surface area contributed by atoms with Crippen molar-refractivity contribution in [3.63, 3.8) is 0 Å². The van der Waals surface area contributed by atoms with Gasteiger partial charge < -0.3 is 14.5 Å². The molecule has 9 aromatic carbocycles. The average Bonchev–Trinajstić information content (AvgIpc) is 3.37. The second-order valence-corrected chi connectivity index (χ2v) is 15.4. The van der Waals surface area contributed by atoms with E-state index >= 15 is 0 Å². The first-order valence-corrected chi connectivity index (χ1v) is 21.4. The van der Waals surface area contributed by atoms with Crippen molar-refractivity contribution >= 4 is 51.3 Å². The van der Waals surface area contributed by atoms with Gasteiger partial charge in [-0.25, -0.2) is 9.97 Å². The van der Waals surface area contributed by atoms with Crippen molar-refractivity contribution in [1.29, 1.82) is 0 Å². The predicted molar refractivity (Wildman–Crippen MR) is 262 cm³/mol. The summed E-state index contributed by atoms with van der Waals surface area (Å²) < 4.78 is 7.16. The maximum Gasteiger partial charge on any atom is 0.165 e. The minimum absolute atomic E-state index is 0.680. The van der Waals surface area contributed by atoms with E-state index in [4.69, 9.17) is 14.7 Å². The summed E-state index contributed by atoms with van der Waals surface area (Å²) in [6.07, 6.45) is 0. The van der Waals surface area contributed by atoms with E-state index in [1.165, 1.54) is 0 Å². The zero-order chi connectivity index (χ0) is 42.7. The molecular formula is C58H41N5O. The molecule has 0 bridgehead atoms. The van der Waals surface area contributed by atoms with Gasteiger partial charge in [0.1, 0.15) is 5.69 Å². The minimum atomic E-state index is 0.680. The van der Waals surface area contributed by atoms with E-state index in [9.17, 15) is 0 Å². The number of anilines is 9. The summed E-state index contributed by atoms with van der Waals surface area (Å²) in [6, 6.07) is 85.6. The van der Waals surface area contributed by atoms with Gasteiger partial charge in [-0.1, -0.05) is 164 Å². The van der Waals surface area contributed by atoms with Gasteiger partial charge in [0.05, 0.1) is 22.8 Å². The van der Waals surface area contributed by atoms with E-state index in [0.717, 1.165) is 79.3 Å². The van der Waals surface area contributed by atoms with Crippen LogP contribution in [0, 0.1) is 0 Å². The lowest BCUT2D eigenvalue weighted by atomic mass is 10.0. The molecule has 0 saturated heterocycles. The molecule has 6 heteroatoms. The number of nitrogens with zero attached hydrogens (tertiary/aromatic N) is 5. The number of benzene rings is 9. The van der Waals surface area contributed by atoms with Gasteiger partial charge in [0.2, 0.25) is 0 Å². The number of para-hydroxylation sites is 4. The number of fused-ring (bicyclic) bond motifs is 2. The van der Waals surface area contributed by atoms with E-state index in [1.807, 2.05) is 54.6 Å². The van der Waals surface area contributed by atoms with E-state index in [-0.39, 0.29) is 0 Å². The Balaban J connectivity index is 1.17. The van der Waals surface area contributed by atoms with E-state index in [0.29, 0.717) is 17.3 Å². The Morgan fingerprint density at radius 2 is 0.609 bits per heavy atom. The average molecular weight is 824 g/mol. The highest BCUT2D eigenvalue weighted by Crippen LogP contribution is 2.55. The maximum atomic E-state index is 7.16. The third-order valence-electron chi connectivity index (χ3n) is 11.4. The second-order valence-electron chi connectivity index (χ2n) is 15.4. The number of hydrogen-bond donors (Lipinski definition) is 0. The maximum absolute atomic E-state index is 7.16. The second kappa shape index (κ2) is 17.0.